The summed E-state index contributed by atoms with van der Waals surface area (Å²) in [7, 11) is 0. The lowest BCUT2D eigenvalue weighted by molar-refractivity contribution is -0.139. The Hall–Kier alpha value is -3.94. The summed E-state index contributed by atoms with van der Waals surface area (Å²) < 4.78 is 7.67. The summed E-state index contributed by atoms with van der Waals surface area (Å²) in [5.41, 5.74) is 2.30. The molecule has 5 rings (SSSR count). The highest BCUT2D eigenvalue weighted by atomic mass is 16.5. The van der Waals surface area contributed by atoms with Crippen molar-refractivity contribution >= 4 is 17.4 Å². The molecule has 1 amide bonds. The van der Waals surface area contributed by atoms with Crippen molar-refractivity contribution in [3.63, 3.8) is 0 Å². The van der Waals surface area contributed by atoms with Gasteiger partial charge in [-0.15, -0.1) is 0 Å². The molecule has 3 aromatic rings. The van der Waals surface area contributed by atoms with Crippen LogP contribution in [0.3, 0.4) is 0 Å². The Balaban J connectivity index is 1.51. The SMILES string of the molecule is C[C@H]1Cc2cc(/C(O)=C3\C(=O)C(=O)N(CCCn4ccnc4)[C@H]3c3ccncc3)ccc2O1. The highest BCUT2D eigenvalue weighted by Gasteiger charge is 2.45. The number of benzene rings is 1. The maximum Gasteiger partial charge on any atom is 0.295 e. The number of hydrogen-bond donors (Lipinski definition) is 1. The number of imidazole rings is 1. The van der Waals surface area contributed by atoms with Gasteiger partial charge in [-0.25, -0.2) is 4.98 Å². The molecule has 1 fully saturated rings. The Labute approximate surface area is 191 Å². The molecule has 8 nitrogen and oxygen atoms in total. The largest absolute Gasteiger partial charge is 0.507 e. The molecular weight excluding hydrogens is 420 g/mol. The molecule has 0 unspecified atom stereocenters. The molecule has 8 heteroatoms. The van der Waals surface area contributed by atoms with Crippen molar-refractivity contribution < 1.29 is 19.4 Å². The van der Waals surface area contributed by atoms with Gasteiger partial charge in [0.05, 0.1) is 17.9 Å². The van der Waals surface area contributed by atoms with Gasteiger partial charge in [-0.2, -0.15) is 0 Å². The summed E-state index contributed by atoms with van der Waals surface area (Å²) in [6, 6.07) is 8.22. The topological polar surface area (TPSA) is 97.6 Å². The number of fused-ring (bicyclic) bond motifs is 1. The number of aromatic nitrogens is 3. The van der Waals surface area contributed by atoms with Gasteiger partial charge in [0.2, 0.25) is 0 Å². The highest BCUT2D eigenvalue weighted by Crippen LogP contribution is 2.40. The van der Waals surface area contributed by atoms with Gasteiger partial charge in [-0.3, -0.25) is 14.6 Å². The van der Waals surface area contributed by atoms with Crippen LogP contribution in [0.5, 0.6) is 5.75 Å². The second-order valence-electron chi connectivity index (χ2n) is 8.38. The van der Waals surface area contributed by atoms with E-state index in [2.05, 4.69) is 9.97 Å². The van der Waals surface area contributed by atoms with Gasteiger partial charge in [0.25, 0.3) is 11.7 Å². The number of nitrogens with zero attached hydrogens (tertiary/aromatic N) is 4. The zero-order valence-corrected chi connectivity index (χ0v) is 18.2. The van der Waals surface area contributed by atoms with Crippen LogP contribution in [0.4, 0.5) is 0 Å². The minimum absolute atomic E-state index is 0.0651. The molecule has 33 heavy (non-hydrogen) atoms. The smallest absolute Gasteiger partial charge is 0.295 e. The number of aliphatic hydroxyl groups excluding tert-OH is 1. The summed E-state index contributed by atoms with van der Waals surface area (Å²) >= 11 is 0. The number of Topliss-reactive ketones (excluding diaryl/α,β-unsaturated/α-hetero) is 1. The standard InChI is InChI=1S/C25H24N4O4/c1-16-13-19-14-18(3-4-20(19)33-16)23(30)21-22(17-5-7-26-8-6-17)29(25(32)24(21)31)11-2-10-28-12-9-27-15-28/h3-9,12,14-16,22,30H,2,10-11,13H2,1H3/b23-21+/t16-,22-/m0/s1. The second-order valence-corrected chi connectivity index (χ2v) is 8.38. The van der Waals surface area contributed by atoms with Gasteiger partial charge in [0.15, 0.2) is 0 Å². The van der Waals surface area contributed by atoms with Crippen molar-refractivity contribution in [1.82, 2.24) is 19.4 Å². The van der Waals surface area contributed by atoms with E-state index < -0.39 is 17.7 Å². The van der Waals surface area contributed by atoms with Crippen LogP contribution in [0.2, 0.25) is 0 Å². The van der Waals surface area contributed by atoms with Crippen molar-refractivity contribution in [2.45, 2.75) is 38.5 Å². The number of carbonyl (C=O) groups excluding carboxylic acids is 2. The fourth-order valence-corrected chi connectivity index (χ4v) is 4.57. The Kier molecular flexibility index (Phi) is 5.42. The van der Waals surface area contributed by atoms with Crippen LogP contribution in [0.25, 0.3) is 5.76 Å². The number of pyridine rings is 1. The third-order valence-corrected chi connectivity index (χ3v) is 6.11. The van der Waals surface area contributed by atoms with Crippen LogP contribution in [0, 0.1) is 0 Å². The zero-order valence-electron chi connectivity index (χ0n) is 18.2. The maximum atomic E-state index is 13.1. The molecule has 4 heterocycles. The molecule has 2 atom stereocenters. The minimum atomic E-state index is -0.681. The summed E-state index contributed by atoms with van der Waals surface area (Å²) in [4.78, 5) is 35.8. The van der Waals surface area contributed by atoms with Crippen LogP contribution in [0.15, 0.2) is 67.0 Å². The summed E-state index contributed by atoms with van der Waals surface area (Å²) in [5.74, 6) is -0.677. The fraction of sp³-hybridized carbons (Fsp3) is 0.280. The maximum absolute atomic E-state index is 13.1. The first kappa shape index (κ1) is 20.9. The van der Waals surface area contributed by atoms with Crippen LogP contribution in [-0.2, 0) is 22.6 Å². The molecule has 168 valence electrons. The fourth-order valence-electron chi connectivity index (χ4n) is 4.57. The first-order valence-electron chi connectivity index (χ1n) is 11.0. The van der Waals surface area contributed by atoms with E-state index in [4.69, 9.17) is 4.74 Å². The Bertz CT molecular complexity index is 1220. The molecule has 1 saturated heterocycles. The number of ketones is 1. The molecule has 2 aliphatic heterocycles. The lowest BCUT2D eigenvalue weighted by Gasteiger charge is -2.25. The van der Waals surface area contributed by atoms with E-state index >= 15 is 0 Å². The molecule has 0 spiro atoms. The van der Waals surface area contributed by atoms with E-state index in [1.165, 1.54) is 0 Å². The molecule has 2 aromatic heterocycles. The average Bonchev–Trinajstić information content (AvgIpc) is 3.53. The molecule has 0 saturated carbocycles. The highest BCUT2D eigenvalue weighted by molar-refractivity contribution is 6.46. The van der Waals surface area contributed by atoms with Crippen LogP contribution in [-0.4, -0.2) is 48.9 Å². The van der Waals surface area contributed by atoms with Crippen molar-refractivity contribution in [2.75, 3.05) is 6.54 Å². The first-order valence-corrected chi connectivity index (χ1v) is 11.0. The zero-order chi connectivity index (χ0) is 22.9. The average molecular weight is 444 g/mol. The molecule has 2 aliphatic rings. The van der Waals surface area contributed by atoms with Gasteiger partial charge in [0.1, 0.15) is 17.6 Å². The van der Waals surface area contributed by atoms with Gasteiger partial charge >= 0.3 is 0 Å². The Morgan fingerprint density at radius 3 is 2.70 bits per heavy atom. The van der Waals surface area contributed by atoms with E-state index in [-0.39, 0.29) is 17.4 Å². The normalized spacial score (nSPS) is 21.3. The number of hydrogen-bond acceptors (Lipinski definition) is 6. The van der Waals surface area contributed by atoms with Gasteiger partial charge < -0.3 is 19.3 Å². The third-order valence-electron chi connectivity index (χ3n) is 6.11. The number of amides is 1. The van der Waals surface area contributed by atoms with Crippen LogP contribution < -0.4 is 4.74 Å². The predicted octanol–water partition coefficient (Wildman–Crippen LogP) is 3.11. The third kappa shape index (κ3) is 3.88. The van der Waals surface area contributed by atoms with Crippen molar-refractivity contribution in [3.05, 3.63) is 83.7 Å². The van der Waals surface area contributed by atoms with Gasteiger partial charge in [-0.05, 0) is 54.8 Å². The number of carbonyl (C=O) groups is 2. The summed E-state index contributed by atoms with van der Waals surface area (Å²) in [6.07, 6.45) is 9.94. The second kappa shape index (κ2) is 8.54. The number of likely N-dealkylation sites (tertiary alicyclic amines) is 1. The Morgan fingerprint density at radius 2 is 1.94 bits per heavy atom. The van der Waals surface area contributed by atoms with Gasteiger partial charge in [-0.1, -0.05) is 0 Å². The monoisotopic (exact) mass is 444 g/mol. The predicted molar refractivity (Wildman–Crippen MR) is 120 cm³/mol. The van der Waals surface area contributed by atoms with E-state index in [1.54, 1.807) is 54.1 Å². The molecule has 1 aromatic carbocycles. The van der Waals surface area contributed by atoms with Crippen molar-refractivity contribution in [2.24, 2.45) is 0 Å². The molecule has 1 N–H and O–H groups in total. The molecule has 0 aliphatic carbocycles. The van der Waals surface area contributed by atoms with E-state index in [9.17, 15) is 14.7 Å². The molecular formula is C25H24N4O4. The quantitative estimate of drug-likeness (QED) is 0.356. The van der Waals surface area contributed by atoms with Crippen molar-refractivity contribution in [1.29, 1.82) is 0 Å². The Morgan fingerprint density at radius 1 is 1.12 bits per heavy atom. The number of aryl methyl sites for hydroxylation is 1. The molecule has 0 radical (unpaired) electrons. The number of ether oxygens (including phenoxy) is 1. The molecule has 0 bridgehead atoms. The van der Waals surface area contributed by atoms with E-state index in [1.807, 2.05) is 23.8 Å². The van der Waals surface area contributed by atoms with E-state index in [0.29, 0.717) is 25.1 Å². The lowest BCUT2D eigenvalue weighted by atomic mass is 9.95. The van der Waals surface area contributed by atoms with Gasteiger partial charge in [0, 0.05) is 49.9 Å². The van der Waals surface area contributed by atoms with Crippen LogP contribution in [0.1, 0.15) is 36.1 Å². The number of rotatable bonds is 6. The lowest BCUT2D eigenvalue weighted by Crippen LogP contribution is -2.31. The minimum Gasteiger partial charge on any atom is -0.507 e. The first-order chi connectivity index (χ1) is 16.0. The summed E-state index contributed by atoms with van der Waals surface area (Å²) in [6.45, 7) is 3.01. The van der Waals surface area contributed by atoms with Crippen molar-refractivity contribution in [3.8, 4) is 5.75 Å². The summed E-state index contributed by atoms with van der Waals surface area (Å²) in [5, 5.41) is 11.2. The number of aliphatic hydroxyl groups is 1. The van der Waals surface area contributed by atoms with E-state index in [0.717, 1.165) is 23.3 Å². The van der Waals surface area contributed by atoms with Crippen LogP contribution >= 0.6 is 0 Å².